The summed E-state index contributed by atoms with van der Waals surface area (Å²) in [4.78, 5) is 4.24. The van der Waals surface area contributed by atoms with E-state index in [0.717, 1.165) is 9.13 Å². The Balaban J connectivity index is 2.44. The van der Waals surface area contributed by atoms with Crippen LogP contribution in [0.3, 0.4) is 0 Å². The molecule has 0 fully saturated rings. The molecule has 1 atom stereocenters. The third kappa shape index (κ3) is 2.62. The normalized spacial score (nSPS) is 12.2. The van der Waals surface area contributed by atoms with Gasteiger partial charge in [-0.1, -0.05) is 6.07 Å². The van der Waals surface area contributed by atoms with Crippen molar-refractivity contribution in [3.8, 4) is 5.75 Å². The first-order valence-electron chi connectivity index (χ1n) is 5.33. The summed E-state index contributed by atoms with van der Waals surface area (Å²) in [5.41, 5.74) is 7.64. The van der Waals surface area contributed by atoms with Gasteiger partial charge in [-0.2, -0.15) is 0 Å². The Bertz CT molecular complexity index is 562. The van der Waals surface area contributed by atoms with E-state index >= 15 is 0 Å². The Hall–Kier alpha value is -1.21. The fourth-order valence-electron chi connectivity index (χ4n) is 1.71. The van der Waals surface area contributed by atoms with Crippen molar-refractivity contribution < 1.29 is 9.13 Å². The number of benzene rings is 1. The van der Waals surface area contributed by atoms with E-state index in [0.29, 0.717) is 11.4 Å². The summed E-state index contributed by atoms with van der Waals surface area (Å²) >= 11 is 2.06. The lowest BCUT2D eigenvalue weighted by atomic mass is 10.0. The molecule has 18 heavy (non-hydrogen) atoms. The summed E-state index contributed by atoms with van der Waals surface area (Å²) in [6.45, 7) is 0. The lowest BCUT2D eigenvalue weighted by Crippen LogP contribution is -2.16. The van der Waals surface area contributed by atoms with Gasteiger partial charge in [0.2, 0.25) is 0 Å². The second-order valence-electron chi connectivity index (χ2n) is 3.73. The number of halogens is 2. The lowest BCUT2D eigenvalue weighted by molar-refractivity contribution is 0.404. The molecule has 1 aromatic heterocycles. The van der Waals surface area contributed by atoms with E-state index in [-0.39, 0.29) is 5.82 Å². The van der Waals surface area contributed by atoms with Gasteiger partial charge < -0.3 is 10.5 Å². The molecular formula is C13H12FIN2O. The van der Waals surface area contributed by atoms with Crippen LogP contribution in [-0.2, 0) is 0 Å². The van der Waals surface area contributed by atoms with Crippen LogP contribution < -0.4 is 10.5 Å². The highest BCUT2D eigenvalue weighted by Crippen LogP contribution is 2.28. The minimum Gasteiger partial charge on any atom is -0.495 e. The zero-order chi connectivity index (χ0) is 13.1. The predicted octanol–water partition coefficient (Wildman–Crippen LogP) is 2.88. The van der Waals surface area contributed by atoms with Crippen molar-refractivity contribution in [1.29, 1.82) is 0 Å². The van der Waals surface area contributed by atoms with Crippen LogP contribution in [0.5, 0.6) is 5.75 Å². The monoisotopic (exact) mass is 358 g/mol. The van der Waals surface area contributed by atoms with Gasteiger partial charge in [-0.3, -0.25) is 4.98 Å². The van der Waals surface area contributed by atoms with Gasteiger partial charge in [-0.25, -0.2) is 4.39 Å². The smallest absolute Gasteiger partial charge is 0.142 e. The molecule has 0 aliphatic carbocycles. The maximum atomic E-state index is 13.1. The molecule has 0 amide bonds. The van der Waals surface area contributed by atoms with Gasteiger partial charge >= 0.3 is 0 Å². The van der Waals surface area contributed by atoms with Crippen LogP contribution in [0.15, 0.2) is 36.5 Å². The van der Waals surface area contributed by atoms with Gasteiger partial charge in [0.1, 0.15) is 17.3 Å². The minimum atomic E-state index is -0.436. The molecule has 0 saturated carbocycles. The van der Waals surface area contributed by atoms with Crippen molar-refractivity contribution in [3.63, 3.8) is 0 Å². The lowest BCUT2D eigenvalue weighted by Gasteiger charge is -2.16. The number of methoxy groups -OCH3 is 1. The largest absolute Gasteiger partial charge is 0.495 e. The first kappa shape index (κ1) is 13.2. The van der Waals surface area contributed by atoms with Gasteiger partial charge in [0, 0.05) is 9.77 Å². The van der Waals surface area contributed by atoms with E-state index in [9.17, 15) is 4.39 Å². The summed E-state index contributed by atoms with van der Waals surface area (Å²) in [5.74, 6) is 0.355. The minimum absolute atomic E-state index is 0.275. The molecule has 0 aliphatic heterocycles. The maximum Gasteiger partial charge on any atom is 0.142 e. The number of pyridine rings is 1. The number of ether oxygens (including phenoxy) is 1. The van der Waals surface area contributed by atoms with Crippen molar-refractivity contribution in [2.45, 2.75) is 6.04 Å². The second-order valence-corrected chi connectivity index (χ2v) is 4.90. The topological polar surface area (TPSA) is 48.1 Å². The Morgan fingerprint density at radius 2 is 2.17 bits per heavy atom. The molecule has 2 N–H and O–H groups in total. The third-order valence-corrected chi connectivity index (χ3v) is 3.55. The second kappa shape index (κ2) is 5.62. The summed E-state index contributed by atoms with van der Waals surface area (Å²) in [5, 5.41) is 0. The SMILES string of the molecule is COc1cccnc1C(N)c1ccc(F)cc1I. The Morgan fingerprint density at radius 3 is 2.83 bits per heavy atom. The summed E-state index contributed by atoms with van der Waals surface area (Å²) < 4.78 is 19.1. The molecule has 5 heteroatoms. The van der Waals surface area contributed by atoms with E-state index < -0.39 is 6.04 Å². The highest BCUT2D eigenvalue weighted by Gasteiger charge is 2.17. The molecule has 1 unspecified atom stereocenters. The first-order valence-corrected chi connectivity index (χ1v) is 6.40. The van der Waals surface area contributed by atoms with Gasteiger partial charge in [-0.15, -0.1) is 0 Å². The highest BCUT2D eigenvalue weighted by atomic mass is 127. The number of hydrogen-bond acceptors (Lipinski definition) is 3. The Morgan fingerprint density at radius 1 is 1.39 bits per heavy atom. The molecule has 2 aromatic rings. The van der Waals surface area contributed by atoms with Crippen LogP contribution in [0.1, 0.15) is 17.3 Å². The fourth-order valence-corrected chi connectivity index (χ4v) is 2.52. The molecule has 0 spiro atoms. The molecule has 0 saturated heterocycles. The fraction of sp³-hybridized carbons (Fsp3) is 0.154. The average Bonchev–Trinajstić information content (AvgIpc) is 2.38. The summed E-state index contributed by atoms with van der Waals surface area (Å²) in [6, 6.07) is 7.67. The van der Waals surface area contributed by atoms with Gasteiger partial charge in [0.25, 0.3) is 0 Å². The Kier molecular flexibility index (Phi) is 4.13. The number of nitrogens with two attached hydrogens (primary N) is 1. The van der Waals surface area contributed by atoms with Crippen molar-refractivity contribution in [1.82, 2.24) is 4.98 Å². The zero-order valence-corrected chi connectivity index (χ0v) is 11.9. The highest BCUT2D eigenvalue weighted by molar-refractivity contribution is 14.1. The maximum absolute atomic E-state index is 13.1. The van der Waals surface area contributed by atoms with E-state index in [1.54, 1.807) is 31.5 Å². The van der Waals surface area contributed by atoms with Crippen LogP contribution in [0.25, 0.3) is 0 Å². The number of hydrogen-bond donors (Lipinski definition) is 1. The van der Waals surface area contributed by atoms with Crippen LogP contribution in [0.4, 0.5) is 4.39 Å². The quantitative estimate of drug-likeness (QED) is 0.859. The van der Waals surface area contributed by atoms with E-state index in [1.165, 1.54) is 12.1 Å². The number of aromatic nitrogens is 1. The predicted molar refractivity (Wildman–Crippen MR) is 75.9 cm³/mol. The third-order valence-electron chi connectivity index (χ3n) is 2.61. The van der Waals surface area contributed by atoms with Crippen LogP contribution >= 0.6 is 22.6 Å². The van der Waals surface area contributed by atoms with E-state index in [1.807, 2.05) is 0 Å². The molecule has 0 bridgehead atoms. The molecular weight excluding hydrogens is 346 g/mol. The van der Waals surface area contributed by atoms with Crippen molar-refractivity contribution in [2.24, 2.45) is 5.73 Å². The van der Waals surface area contributed by atoms with Crippen molar-refractivity contribution in [3.05, 3.63) is 57.2 Å². The molecule has 3 nitrogen and oxygen atoms in total. The van der Waals surface area contributed by atoms with Crippen LogP contribution in [0.2, 0.25) is 0 Å². The summed E-state index contributed by atoms with van der Waals surface area (Å²) in [7, 11) is 1.57. The molecule has 1 aromatic carbocycles. The van der Waals surface area contributed by atoms with Crippen LogP contribution in [-0.4, -0.2) is 12.1 Å². The number of nitrogens with zero attached hydrogens (tertiary/aromatic N) is 1. The molecule has 2 rings (SSSR count). The van der Waals surface area contributed by atoms with Gasteiger partial charge in [0.15, 0.2) is 0 Å². The standard InChI is InChI=1S/C13H12FIN2O/c1-18-11-3-2-6-17-13(11)12(16)9-5-4-8(14)7-10(9)15/h2-7,12H,16H2,1H3. The average molecular weight is 358 g/mol. The summed E-state index contributed by atoms with van der Waals surface area (Å²) in [6.07, 6.45) is 1.66. The van der Waals surface area contributed by atoms with Crippen molar-refractivity contribution >= 4 is 22.6 Å². The van der Waals surface area contributed by atoms with E-state index in [2.05, 4.69) is 27.6 Å². The Labute approximate surface area is 118 Å². The zero-order valence-electron chi connectivity index (χ0n) is 9.73. The van der Waals surface area contributed by atoms with Crippen molar-refractivity contribution in [2.75, 3.05) is 7.11 Å². The molecule has 1 heterocycles. The van der Waals surface area contributed by atoms with Gasteiger partial charge in [0.05, 0.1) is 13.2 Å². The van der Waals surface area contributed by atoms with E-state index in [4.69, 9.17) is 10.5 Å². The molecule has 0 aliphatic rings. The molecule has 94 valence electrons. The van der Waals surface area contributed by atoms with Crippen LogP contribution in [0, 0.1) is 9.39 Å². The first-order chi connectivity index (χ1) is 8.63. The molecule has 0 radical (unpaired) electrons. The number of rotatable bonds is 3. The van der Waals surface area contributed by atoms with Gasteiger partial charge in [-0.05, 0) is 52.4 Å².